The molecule has 1 aromatic rings. The van der Waals surface area contributed by atoms with Crippen LogP contribution in [0.25, 0.3) is 0 Å². The molecular formula is C14H21N5O2. The van der Waals surface area contributed by atoms with Gasteiger partial charge >= 0.3 is 0 Å². The summed E-state index contributed by atoms with van der Waals surface area (Å²) in [6.07, 6.45) is 2.50. The van der Waals surface area contributed by atoms with E-state index in [-0.39, 0.29) is 11.8 Å². The Morgan fingerprint density at radius 3 is 2.67 bits per heavy atom. The Balaban J connectivity index is 1.74. The lowest BCUT2D eigenvalue weighted by atomic mass is 9.96. The average Bonchev–Trinajstić information content (AvgIpc) is 3.01. The summed E-state index contributed by atoms with van der Waals surface area (Å²) in [5, 5.41) is 0. The van der Waals surface area contributed by atoms with Crippen LogP contribution in [-0.4, -0.2) is 42.2 Å². The number of nitrogens with zero attached hydrogens (tertiary/aromatic N) is 3. The van der Waals surface area contributed by atoms with Gasteiger partial charge in [-0.05, 0) is 19.3 Å². The van der Waals surface area contributed by atoms with E-state index >= 15 is 0 Å². The van der Waals surface area contributed by atoms with Crippen LogP contribution in [0.1, 0.15) is 30.9 Å². The number of carbonyl (C=O) groups is 1. The zero-order valence-corrected chi connectivity index (χ0v) is 12.0. The van der Waals surface area contributed by atoms with E-state index in [1.165, 1.54) is 0 Å². The molecule has 0 aliphatic carbocycles. The number of nitrogen functional groups attached to an aromatic ring is 1. The van der Waals surface area contributed by atoms with Gasteiger partial charge in [0.05, 0.1) is 12.3 Å². The smallest absolute Gasteiger partial charge is 0.222 e. The van der Waals surface area contributed by atoms with Crippen LogP contribution in [0.3, 0.4) is 0 Å². The third-order valence-electron chi connectivity index (χ3n) is 4.32. The molecule has 3 rings (SSSR count). The molecule has 1 atom stereocenters. The minimum atomic E-state index is -0.208. The number of piperidine rings is 1. The average molecular weight is 291 g/mol. The summed E-state index contributed by atoms with van der Waals surface area (Å²) in [7, 11) is 0. The van der Waals surface area contributed by atoms with Crippen molar-refractivity contribution in [2.75, 3.05) is 36.9 Å². The van der Waals surface area contributed by atoms with Gasteiger partial charge < -0.3 is 21.1 Å². The molecular weight excluding hydrogens is 270 g/mol. The van der Waals surface area contributed by atoms with Crippen LogP contribution in [0.2, 0.25) is 0 Å². The van der Waals surface area contributed by atoms with Gasteiger partial charge in [-0.3, -0.25) is 4.79 Å². The molecule has 0 saturated carbocycles. The molecule has 0 bridgehead atoms. The predicted molar refractivity (Wildman–Crippen MR) is 78.8 cm³/mol. The number of hydrogen-bond acceptors (Lipinski definition) is 6. The highest BCUT2D eigenvalue weighted by atomic mass is 16.5. The van der Waals surface area contributed by atoms with Gasteiger partial charge in [0.1, 0.15) is 5.82 Å². The van der Waals surface area contributed by atoms with E-state index in [0.717, 1.165) is 50.5 Å². The largest absolute Gasteiger partial charge is 0.381 e. The van der Waals surface area contributed by atoms with Gasteiger partial charge in [-0.25, -0.2) is 4.98 Å². The van der Waals surface area contributed by atoms with Gasteiger partial charge in [0.15, 0.2) is 0 Å². The van der Waals surface area contributed by atoms with Gasteiger partial charge in [-0.15, -0.1) is 0 Å². The number of amides is 1. The van der Waals surface area contributed by atoms with Crippen molar-refractivity contribution in [1.29, 1.82) is 0 Å². The summed E-state index contributed by atoms with van der Waals surface area (Å²) in [6.45, 7) is 3.00. The Morgan fingerprint density at radius 2 is 2.05 bits per heavy atom. The number of ether oxygens (including phenoxy) is 1. The minimum Gasteiger partial charge on any atom is -0.381 e. The Hall–Kier alpha value is -1.89. The molecule has 7 heteroatoms. The Bertz CT molecular complexity index is 522. The maximum absolute atomic E-state index is 11.2. The molecule has 2 saturated heterocycles. The molecule has 4 N–H and O–H groups in total. The highest BCUT2D eigenvalue weighted by Crippen LogP contribution is 2.28. The summed E-state index contributed by atoms with van der Waals surface area (Å²) < 4.78 is 5.41. The molecule has 2 fully saturated rings. The number of anilines is 2. The number of nitrogens with two attached hydrogens (primary N) is 2. The van der Waals surface area contributed by atoms with E-state index in [2.05, 4.69) is 14.9 Å². The van der Waals surface area contributed by atoms with E-state index < -0.39 is 0 Å². The molecule has 0 unspecified atom stereocenters. The number of aromatic nitrogens is 2. The molecule has 0 radical (unpaired) electrons. The molecule has 114 valence electrons. The van der Waals surface area contributed by atoms with Crippen molar-refractivity contribution in [2.45, 2.75) is 25.2 Å². The first-order valence-electron chi connectivity index (χ1n) is 7.40. The molecule has 7 nitrogen and oxygen atoms in total. The summed E-state index contributed by atoms with van der Waals surface area (Å²) in [5.74, 6) is 1.21. The molecule has 1 amide bonds. The van der Waals surface area contributed by atoms with Crippen molar-refractivity contribution in [3.8, 4) is 0 Å². The van der Waals surface area contributed by atoms with Crippen LogP contribution in [0.5, 0.6) is 0 Å². The Kier molecular flexibility index (Phi) is 3.92. The lowest BCUT2D eigenvalue weighted by Gasteiger charge is -2.31. The highest BCUT2D eigenvalue weighted by Gasteiger charge is 2.26. The van der Waals surface area contributed by atoms with Crippen LogP contribution in [0, 0.1) is 5.92 Å². The van der Waals surface area contributed by atoms with Gasteiger partial charge in [0.2, 0.25) is 11.9 Å². The van der Waals surface area contributed by atoms with Gasteiger partial charge in [-0.2, -0.15) is 4.98 Å². The van der Waals surface area contributed by atoms with Crippen LogP contribution < -0.4 is 16.4 Å². The van der Waals surface area contributed by atoms with Crippen molar-refractivity contribution in [2.24, 2.45) is 11.7 Å². The number of carbonyl (C=O) groups excluding carboxylic acids is 1. The lowest BCUT2D eigenvalue weighted by Crippen LogP contribution is -2.39. The van der Waals surface area contributed by atoms with Crippen LogP contribution in [0.15, 0.2) is 6.07 Å². The van der Waals surface area contributed by atoms with Crippen molar-refractivity contribution >= 4 is 17.7 Å². The second-order valence-electron chi connectivity index (χ2n) is 5.73. The van der Waals surface area contributed by atoms with Crippen molar-refractivity contribution in [3.63, 3.8) is 0 Å². The standard InChI is InChI=1S/C14H21N5O2/c15-13(20)9-1-4-19(5-2-9)12-7-11(17-14(16)18-12)10-3-6-21-8-10/h7,9-10H,1-6,8H2,(H2,15,20)(H2,16,17,18)/t10-/m1/s1. The molecule has 2 aliphatic heterocycles. The normalized spacial score (nSPS) is 23.4. The molecule has 3 heterocycles. The monoisotopic (exact) mass is 291 g/mol. The quantitative estimate of drug-likeness (QED) is 0.827. The number of hydrogen-bond donors (Lipinski definition) is 2. The van der Waals surface area contributed by atoms with E-state index in [9.17, 15) is 4.79 Å². The van der Waals surface area contributed by atoms with Gasteiger partial charge in [-0.1, -0.05) is 0 Å². The molecule has 0 aromatic carbocycles. The van der Waals surface area contributed by atoms with Gasteiger partial charge in [0.25, 0.3) is 0 Å². The molecule has 1 aromatic heterocycles. The molecule has 21 heavy (non-hydrogen) atoms. The Morgan fingerprint density at radius 1 is 1.29 bits per heavy atom. The molecule has 2 aliphatic rings. The fourth-order valence-electron chi connectivity index (χ4n) is 3.00. The molecule has 0 spiro atoms. The highest BCUT2D eigenvalue weighted by molar-refractivity contribution is 5.77. The van der Waals surface area contributed by atoms with Crippen molar-refractivity contribution < 1.29 is 9.53 Å². The summed E-state index contributed by atoms with van der Waals surface area (Å²) in [6, 6.07) is 2.00. The second-order valence-corrected chi connectivity index (χ2v) is 5.73. The first kappa shape index (κ1) is 14.1. The second kappa shape index (κ2) is 5.85. The summed E-state index contributed by atoms with van der Waals surface area (Å²) in [5.41, 5.74) is 12.2. The van der Waals surface area contributed by atoms with Gasteiger partial charge in [0, 0.05) is 37.6 Å². The SMILES string of the molecule is NC(=O)C1CCN(c2cc([C@@H]3CCOC3)nc(N)n2)CC1. The number of rotatable bonds is 3. The van der Waals surface area contributed by atoms with Crippen LogP contribution in [0.4, 0.5) is 11.8 Å². The van der Waals surface area contributed by atoms with E-state index in [4.69, 9.17) is 16.2 Å². The van der Waals surface area contributed by atoms with Crippen LogP contribution >= 0.6 is 0 Å². The maximum Gasteiger partial charge on any atom is 0.222 e. The predicted octanol–water partition coefficient (Wildman–Crippen LogP) is 0.264. The third kappa shape index (κ3) is 3.07. The van der Waals surface area contributed by atoms with E-state index in [1.807, 2.05) is 6.07 Å². The zero-order valence-electron chi connectivity index (χ0n) is 12.0. The van der Waals surface area contributed by atoms with E-state index in [0.29, 0.717) is 18.5 Å². The van der Waals surface area contributed by atoms with Crippen LogP contribution in [-0.2, 0) is 9.53 Å². The van der Waals surface area contributed by atoms with Crippen molar-refractivity contribution in [1.82, 2.24) is 9.97 Å². The van der Waals surface area contributed by atoms with E-state index in [1.54, 1.807) is 0 Å². The fourth-order valence-corrected chi connectivity index (χ4v) is 3.00. The summed E-state index contributed by atoms with van der Waals surface area (Å²) >= 11 is 0. The lowest BCUT2D eigenvalue weighted by molar-refractivity contribution is -0.122. The maximum atomic E-state index is 11.2. The summed E-state index contributed by atoms with van der Waals surface area (Å²) in [4.78, 5) is 22.0. The topological polar surface area (TPSA) is 107 Å². The third-order valence-corrected chi connectivity index (χ3v) is 4.32. The first-order valence-corrected chi connectivity index (χ1v) is 7.40. The minimum absolute atomic E-state index is 0.0249. The Labute approximate surface area is 123 Å². The van der Waals surface area contributed by atoms with Crippen molar-refractivity contribution in [3.05, 3.63) is 11.8 Å². The fraction of sp³-hybridized carbons (Fsp3) is 0.643. The zero-order chi connectivity index (χ0) is 14.8. The first-order chi connectivity index (χ1) is 10.1. The number of primary amides is 1.